The third-order valence-corrected chi connectivity index (χ3v) is 6.45. The normalized spacial score (nSPS) is 17.7. The molecule has 9 nitrogen and oxygen atoms in total. The maximum absolute atomic E-state index is 12.4. The minimum absolute atomic E-state index is 0.0110. The van der Waals surface area contributed by atoms with Crippen molar-refractivity contribution in [3.8, 4) is 0 Å². The average Bonchev–Trinajstić information content (AvgIpc) is 3.35. The first kappa shape index (κ1) is 19.0. The number of sulfonamides is 1. The summed E-state index contributed by atoms with van der Waals surface area (Å²) in [6.07, 6.45) is 7.33. The Morgan fingerprint density at radius 3 is 2.64 bits per heavy atom. The number of nitrogens with zero attached hydrogens (tertiary/aromatic N) is 5. The van der Waals surface area contributed by atoms with Gasteiger partial charge in [-0.05, 0) is 30.5 Å². The van der Waals surface area contributed by atoms with Crippen molar-refractivity contribution in [2.24, 2.45) is 0 Å². The Bertz CT molecular complexity index is 936. The molecule has 0 spiro atoms. The van der Waals surface area contributed by atoms with Gasteiger partial charge in [0.1, 0.15) is 0 Å². The summed E-state index contributed by atoms with van der Waals surface area (Å²) in [6, 6.07) is 3.39. The predicted octanol–water partition coefficient (Wildman–Crippen LogP) is 0.600. The summed E-state index contributed by atoms with van der Waals surface area (Å²) >= 11 is 0. The molecule has 1 aliphatic carbocycles. The number of aromatic nitrogens is 3. The van der Waals surface area contributed by atoms with Crippen LogP contribution in [0.15, 0.2) is 29.0 Å². The van der Waals surface area contributed by atoms with Gasteiger partial charge in [-0.15, -0.1) is 0 Å². The van der Waals surface area contributed by atoms with Gasteiger partial charge in [0.15, 0.2) is 5.82 Å². The number of pyridine rings is 1. The number of carbonyl (C=O) groups excluding carboxylic acids is 1. The van der Waals surface area contributed by atoms with Gasteiger partial charge in [0.25, 0.3) is 0 Å². The average molecular weight is 405 g/mol. The van der Waals surface area contributed by atoms with Crippen LogP contribution in [0.2, 0.25) is 0 Å². The molecule has 28 heavy (non-hydrogen) atoms. The van der Waals surface area contributed by atoms with Crippen molar-refractivity contribution in [1.82, 2.24) is 24.3 Å². The number of carbonyl (C=O) groups is 1. The summed E-state index contributed by atoms with van der Waals surface area (Å²) in [7, 11) is -3.40. The van der Waals surface area contributed by atoms with Gasteiger partial charge in [0.05, 0.1) is 18.7 Å². The third kappa shape index (κ3) is 4.39. The molecule has 10 heteroatoms. The molecule has 4 rings (SSSR count). The van der Waals surface area contributed by atoms with Crippen molar-refractivity contribution in [1.29, 1.82) is 0 Å². The van der Waals surface area contributed by atoms with Crippen LogP contribution >= 0.6 is 0 Å². The van der Waals surface area contributed by atoms with Crippen molar-refractivity contribution in [3.63, 3.8) is 0 Å². The first-order chi connectivity index (χ1) is 13.4. The molecule has 1 saturated heterocycles. The quantitative estimate of drug-likeness (QED) is 0.632. The van der Waals surface area contributed by atoms with E-state index in [9.17, 15) is 13.2 Å². The van der Waals surface area contributed by atoms with Crippen molar-refractivity contribution < 1.29 is 17.7 Å². The molecule has 0 N–H and O–H groups in total. The van der Waals surface area contributed by atoms with Crippen LogP contribution in [0.1, 0.15) is 36.0 Å². The van der Waals surface area contributed by atoms with Crippen LogP contribution in [0.25, 0.3) is 0 Å². The Kier molecular flexibility index (Phi) is 5.15. The minimum atomic E-state index is -3.40. The van der Waals surface area contributed by atoms with Gasteiger partial charge in [-0.2, -0.15) is 9.29 Å². The second-order valence-electron chi connectivity index (χ2n) is 7.43. The molecule has 0 unspecified atom stereocenters. The molecule has 0 atom stereocenters. The molecule has 2 aromatic rings. The highest BCUT2D eigenvalue weighted by molar-refractivity contribution is 7.88. The van der Waals surface area contributed by atoms with E-state index in [1.165, 1.54) is 10.6 Å². The topological polar surface area (TPSA) is 110 Å². The van der Waals surface area contributed by atoms with E-state index in [1.807, 2.05) is 0 Å². The lowest BCUT2D eigenvalue weighted by Gasteiger charge is -2.44. The van der Waals surface area contributed by atoms with E-state index in [2.05, 4.69) is 15.1 Å². The largest absolute Gasteiger partial charge is 0.339 e. The highest BCUT2D eigenvalue weighted by Crippen LogP contribution is 2.38. The molecule has 1 amide bonds. The fraction of sp³-hybridized carbons (Fsp3) is 0.556. The predicted molar refractivity (Wildman–Crippen MR) is 99.8 cm³/mol. The number of likely N-dealkylation sites (tertiary alicyclic amines) is 1. The monoisotopic (exact) mass is 405 g/mol. The van der Waals surface area contributed by atoms with Crippen LogP contribution in [0, 0.1) is 0 Å². The molecule has 0 radical (unpaired) electrons. The van der Waals surface area contributed by atoms with Crippen LogP contribution < -0.4 is 0 Å². The van der Waals surface area contributed by atoms with E-state index >= 15 is 0 Å². The van der Waals surface area contributed by atoms with E-state index in [4.69, 9.17) is 4.52 Å². The number of hydrogen-bond donors (Lipinski definition) is 0. The Morgan fingerprint density at radius 2 is 2.00 bits per heavy atom. The zero-order valence-electron chi connectivity index (χ0n) is 15.7. The second-order valence-corrected chi connectivity index (χ2v) is 9.37. The second kappa shape index (κ2) is 7.59. The van der Waals surface area contributed by atoms with Crippen LogP contribution in [0.3, 0.4) is 0 Å². The fourth-order valence-electron chi connectivity index (χ4n) is 3.32. The molecular weight excluding hydrogens is 382 g/mol. The highest BCUT2D eigenvalue weighted by Gasteiger charge is 2.38. The molecule has 2 aromatic heterocycles. The zero-order chi connectivity index (χ0) is 19.7. The molecule has 1 aliphatic heterocycles. The van der Waals surface area contributed by atoms with Gasteiger partial charge in [0, 0.05) is 44.4 Å². The lowest BCUT2D eigenvalue weighted by molar-refractivity contribution is -0.136. The van der Waals surface area contributed by atoms with Gasteiger partial charge >= 0.3 is 0 Å². The van der Waals surface area contributed by atoms with Gasteiger partial charge in [-0.25, -0.2) is 8.42 Å². The number of rotatable bonds is 8. The summed E-state index contributed by atoms with van der Waals surface area (Å²) in [6.45, 7) is 1.08. The summed E-state index contributed by atoms with van der Waals surface area (Å²) in [5, 5.41) is 3.95. The molecule has 2 fully saturated rings. The highest BCUT2D eigenvalue weighted by atomic mass is 32.2. The maximum Gasteiger partial charge on any atom is 0.229 e. The fourth-order valence-corrected chi connectivity index (χ4v) is 4.42. The van der Waals surface area contributed by atoms with E-state index in [0.29, 0.717) is 43.6 Å². The molecule has 150 valence electrons. The minimum Gasteiger partial charge on any atom is -0.339 e. The van der Waals surface area contributed by atoms with E-state index in [-0.39, 0.29) is 18.5 Å². The van der Waals surface area contributed by atoms with Crippen molar-refractivity contribution in [2.75, 3.05) is 25.9 Å². The number of amides is 1. The van der Waals surface area contributed by atoms with Gasteiger partial charge in [-0.3, -0.25) is 9.78 Å². The summed E-state index contributed by atoms with van der Waals surface area (Å²) in [4.78, 5) is 22.3. The van der Waals surface area contributed by atoms with Crippen LogP contribution in [-0.2, 0) is 27.7 Å². The lowest BCUT2D eigenvalue weighted by Crippen LogP contribution is -2.62. The Hall–Kier alpha value is -2.33. The standard InChI is InChI=1S/C18H23N5O4S/c1-28(25,26)23(9-6-16-20-18(27-21-16)14-2-3-14)15-11-22(12-15)17(24)10-13-4-7-19-8-5-13/h4-5,7-8,14-15H,2-3,6,9-12H2,1H3. The lowest BCUT2D eigenvalue weighted by atomic mass is 10.1. The van der Waals surface area contributed by atoms with Crippen molar-refractivity contribution in [2.45, 2.75) is 37.6 Å². The Morgan fingerprint density at radius 1 is 1.29 bits per heavy atom. The first-order valence-corrected chi connectivity index (χ1v) is 11.2. The van der Waals surface area contributed by atoms with Gasteiger partial charge < -0.3 is 9.42 Å². The van der Waals surface area contributed by atoms with Gasteiger partial charge in [0.2, 0.25) is 21.8 Å². The molecule has 0 aromatic carbocycles. The molecule has 0 bridgehead atoms. The van der Waals surface area contributed by atoms with Crippen molar-refractivity contribution in [3.05, 3.63) is 41.8 Å². The van der Waals surface area contributed by atoms with Crippen LogP contribution in [-0.4, -0.2) is 70.6 Å². The van der Waals surface area contributed by atoms with Crippen LogP contribution in [0.5, 0.6) is 0 Å². The first-order valence-electron chi connectivity index (χ1n) is 9.36. The molecule has 3 heterocycles. The summed E-state index contributed by atoms with van der Waals surface area (Å²) < 4.78 is 31.1. The summed E-state index contributed by atoms with van der Waals surface area (Å²) in [5.41, 5.74) is 0.895. The molecule has 1 saturated carbocycles. The molecular formula is C18H23N5O4S. The van der Waals surface area contributed by atoms with Crippen molar-refractivity contribution >= 4 is 15.9 Å². The third-order valence-electron chi connectivity index (χ3n) is 5.12. The van der Waals surface area contributed by atoms with Gasteiger partial charge in [-0.1, -0.05) is 5.16 Å². The maximum atomic E-state index is 12.4. The summed E-state index contributed by atoms with van der Waals surface area (Å²) in [5.74, 6) is 1.54. The molecule has 2 aliphatic rings. The SMILES string of the molecule is CS(=O)(=O)N(CCc1noc(C2CC2)n1)C1CN(C(=O)Cc2ccncc2)C1. The smallest absolute Gasteiger partial charge is 0.229 e. The van der Waals surface area contributed by atoms with E-state index in [1.54, 1.807) is 29.4 Å². The van der Waals surface area contributed by atoms with E-state index in [0.717, 1.165) is 18.4 Å². The van der Waals surface area contributed by atoms with E-state index < -0.39 is 10.0 Å². The zero-order valence-corrected chi connectivity index (χ0v) is 16.5. The van der Waals surface area contributed by atoms with Crippen LogP contribution in [0.4, 0.5) is 0 Å². The Balaban J connectivity index is 1.32. The Labute approximate surface area is 163 Å². The number of hydrogen-bond acceptors (Lipinski definition) is 7.